The molecule has 1 aromatic carbocycles. The zero-order valence-corrected chi connectivity index (χ0v) is 13.1. The Hall–Kier alpha value is -1.79. The second-order valence-corrected chi connectivity index (χ2v) is 6.62. The predicted octanol–water partition coefficient (Wildman–Crippen LogP) is 3.92. The van der Waals surface area contributed by atoms with Crippen molar-refractivity contribution in [2.45, 2.75) is 0 Å². The first-order valence-corrected chi connectivity index (χ1v) is 7.58. The molecule has 0 aliphatic carbocycles. The molecule has 0 saturated carbocycles. The molecule has 0 amide bonds. The first-order valence-electron chi connectivity index (χ1n) is 5.97. The van der Waals surface area contributed by atoms with Crippen LogP contribution in [0.5, 0.6) is 0 Å². The van der Waals surface area contributed by atoms with Gasteiger partial charge in [0.25, 0.3) is 0 Å². The molecule has 0 radical (unpaired) electrons. The van der Waals surface area contributed by atoms with Gasteiger partial charge in [-0.2, -0.15) is 5.10 Å². The zero-order valence-electron chi connectivity index (χ0n) is 10.7. The highest BCUT2D eigenvalue weighted by Gasteiger charge is 2.03. The highest BCUT2D eigenvalue weighted by molar-refractivity contribution is 9.11. The normalized spacial score (nSPS) is 11.3. The van der Waals surface area contributed by atoms with Gasteiger partial charge in [-0.3, -0.25) is 4.98 Å². The quantitative estimate of drug-likeness (QED) is 0.533. The van der Waals surface area contributed by atoms with Gasteiger partial charge >= 0.3 is 0 Å². The van der Waals surface area contributed by atoms with Crippen LogP contribution in [0.15, 0.2) is 51.5 Å². The number of aromatic nitrogens is 2. The molecule has 0 unspecified atom stereocenters. The average molecular weight is 347 g/mol. The van der Waals surface area contributed by atoms with Crippen LogP contribution in [-0.4, -0.2) is 23.2 Å². The van der Waals surface area contributed by atoms with Crippen LogP contribution < -0.4 is 5.01 Å². The Morgan fingerprint density at radius 3 is 2.75 bits per heavy atom. The number of halogens is 1. The van der Waals surface area contributed by atoms with Gasteiger partial charge in [-0.1, -0.05) is 12.1 Å². The van der Waals surface area contributed by atoms with E-state index in [4.69, 9.17) is 0 Å². The molecule has 4 nitrogen and oxygen atoms in total. The number of benzene rings is 1. The Labute approximate surface area is 128 Å². The molecule has 0 saturated heterocycles. The fourth-order valence-corrected chi connectivity index (χ4v) is 2.99. The maximum atomic E-state index is 4.54. The number of hydrogen-bond acceptors (Lipinski definition) is 5. The summed E-state index contributed by atoms with van der Waals surface area (Å²) >= 11 is 5.06. The van der Waals surface area contributed by atoms with Crippen molar-refractivity contribution >= 4 is 50.3 Å². The van der Waals surface area contributed by atoms with E-state index < -0.39 is 0 Å². The molecule has 2 heterocycles. The smallest absolute Gasteiger partial charge is 0.167 e. The molecule has 0 bridgehead atoms. The molecule has 0 aliphatic heterocycles. The van der Waals surface area contributed by atoms with Crippen LogP contribution in [0.25, 0.3) is 11.0 Å². The van der Waals surface area contributed by atoms with Crippen LogP contribution in [0.3, 0.4) is 0 Å². The molecule has 2 aromatic heterocycles. The molecule has 0 spiro atoms. The van der Waals surface area contributed by atoms with Gasteiger partial charge in [-0.25, -0.2) is 9.99 Å². The van der Waals surface area contributed by atoms with Gasteiger partial charge < -0.3 is 0 Å². The minimum Gasteiger partial charge on any atom is -0.251 e. The second-order valence-electron chi connectivity index (χ2n) is 4.13. The summed E-state index contributed by atoms with van der Waals surface area (Å²) in [6.45, 7) is 0. The summed E-state index contributed by atoms with van der Waals surface area (Å²) in [5, 5.41) is 6.10. The first-order chi connectivity index (χ1) is 9.72. The third kappa shape index (κ3) is 2.86. The van der Waals surface area contributed by atoms with Gasteiger partial charge in [0.2, 0.25) is 0 Å². The van der Waals surface area contributed by atoms with E-state index in [1.807, 2.05) is 49.7 Å². The van der Waals surface area contributed by atoms with E-state index >= 15 is 0 Å². The molecule has 0 fully saturated rings. The third-order valence-corrected chi connectivity index (χ3v) is 4.28. The van der Waals surface area contributed by atoms with E-state index in [9.17, 15) is 0 Å². The Balaban J connectivity index is 1.84. The molecule has 3 rings (SSSR count). The summed E-state index contributed by atoms with van der Waals surface area (Å²) in [6, 6.07) is 11.8. The van der Waals surface area contributed by atoms with Crippen LogP contribution in [0, 0.1) is 0 Å². The van der Waals surface area contributed by atoms with Crippen LogP contribution >= 0.6 is 27.3 Å². The van der Waals surface area contributed by atoms with Crippen LogP contribution in [-0.2, 0) is 0 Å². The number of rotatable bonds is 3. The molecule has 0 aliphatic rings. The monoisotopic (exact) mass is 346 g/mol. The summed E-state index contributed by atoms with van der Waals surface area (Å²) in [6.07, 6.45) is 3.54. The van der Waals surface area contributed by atoms with Gasteiger partial charge in [-0.15, -0.1) is 11.3 Å². The summed E-state index contributed by atoms with van der Waals surface area (Å²) < 4.78 is 1.09. The van der Waals surface area contributed by atoms with Crippen LogP contribution in [0.2, 0.25) is 0 Å². The van der Waals surface area contributed by atoms with Gasteiger partial charge in [0, 0.05) is 11.9 Å². The molecule has 20 heavy (non-hydrogen) atoms. The van der Waals surface area contributed by atoms with Crippen molar-refractivity contribution < 1.29 is 0 Å². The van der Waals surface area contributed by atoms with E-state index in [1.165, 1.54) is 0 Å². The van der Waals surface area contributed by atoms with Crippen LogP contribution in [0.1, 0.15) is 4.88 Å². The number of hydrazone groups is 1. The van der Waals surface area contributed by atoms with Crippen molar-refractivity contribution in [1.82, 2.24) is 9.97 Å². The summed E-state index contributed by atoms with van der Waals surface area (Å²) in [4.78, 5) is 10.00. The number of hydrogen-bond donors (Lipinski definition) is 0. The third-order valence-electron chi connectivity index (χ3n) is 2.72. The van der Waals surface area contributed by atoms with Crippen molar-refractivity contribution in [3.8, 4) is 0 Å². The lowest BCUT2D eigenvalue weighted by Crippen LogP contribution is -2.11. The maximum absolute atomic E-state index is 4.54. The summed E-state index contributed by atoms with van der Waals surface area (Å²) in [5.41, 5.74) is 1.75. The number of anilines is 1. The molecule has 3 aromatic rings. The van der Waals surface area contributed by atoms with E-state index in [0.717, 1.165) is 25.5 Å². The van der Waals surface area contributed by atoms with E-state index in [1.54, 1.807) is 22.5 Å². The topological polar surface area (TPSA) is 41.4 Å². The largest absolute Gasteiger partial charge is 0.251 e. The second kappa shape index (κ2) is 5.68. The molecule has 100 valence electrons. The van der Waals surface area contributed by atoms with E-state index in [-0.39, 0.29) is 0 Å². The van der Waals surface area contributed by atoms with Crippen molar-refractivity contribution in [3.05, 3.63) is 51.3 Å². The highest BCUT2D eigenvalue weighted by atomic mass is 79.9. The SMILES string of the molecule is CN(/N=C\c1ccc(Br)s1)c1cnc2ccccc2n1. The molecular formula is C14H11BrN4S. The first kappa shape index (κ1) is 13.2. The Morgan fingerprint density at radius 1 is 1.20 bits per heavy atom. The number of thiophene rings is 1. The van der Waals surface area contributed by atoms with Gasteiger partial charge in [0.15, 0.2) is 5.82 Å². The lowest BCUT2D eigenvalue weighted by atomic mass is 10.3. The Morgan fingerprint density at radius 2 is 2.00 bits per heavy atom. The maximum Gasteiger partial charge on any atom is 0.167 e. The molecule has 0 atom stereocenters. The minimum absolute atomic E-state index is 0.718. The average Bonchev–Trinajstić information content (AvgIpc) is 2.90. The highest BCUT2D eigenvalue weighted by Crippen LogP contribution is 2.21. The van der Waals surface area contributed by atoms with Gasteiger partial charge in [0.1, 0.15) is 0 Å². The summed E-state index contributed by atoms with van der Waals surface area (Å²) in [7, 11) is 1.86. The standard InChI is InChI=1S/C14H11BrN4S/c1-19(17-8-10-6-7-13(15)20-10)14-9-16-11-4-2-3-5-12(11)18-14/h2-9H,1H3/b17-8-. The van der Waals surface area contributed by atoms with Crippen molar-refractivity contribution in [2.75, 3.05) is 12.1 Å². The van der Waals surface area contributed by atoms with Crippen molar-refractivity contribution in [3.63, 3.8) is 0 Å². The lowest BCUT2D eigenvalue weighted by molar-refractivity contribution is 0.982. The summed E-state index contributed by atoms with van der Waals surface area (Å²) in [5.74, 6) is 0.718. The number of nitrogens with zero attached hydrogens (tertiary/aromatic N) is 4. The fourth-order valence-electron chi connectivity index (χ4n) is 1.70. The molecular weight excluding hydrogens is 336 g/mol. The molecule has 0 N–H and O–H groups in total. The zero-order chi connectivity index (χ0) is 13.9. The Bertz CT molecular complexity index is 768. The Kier molecular flexibility index (Phi) is 3.75. The van der Waals surface area contributed by atoms with Crippen molar-refractivity contribution in [1.29, 1.82) is 0 Å². The number of para-hydroxylation sites is 2. The van der Waals surface area contributed by atoms with E-state index in [0.29, 0.717) is 0 Å². The van der Waals surface area contributed by atoms with Crippen molar-refractivity contribution in [2.24, 2.45) is 5.10 Å². The van der Waals surface area contributed by atoms with Gasteiger partial charge in [0.05, 0.1) is 27.2 Å². The van der Waals surface area contributed by atoms with Gasteiger partial charge in [-0.05, 0) is 40.2 Å². The minimum atomic E-state index is 0.718. The fraction of sp³-hybridized carbons (Fsp3) is 0.0714. The number of fused-ring (bicyclic) bond motifs is 1. The van der Waals surface area contributed by atoms with E-state index in [2.05, 4.69) is 31.0 Å². The van der Waals surface area contributed by atoms with Crippen LogP contribution in [0.4, 0.5) is 5.82 Å². The lowest BCUT2D eigenvalue weighted by Gasteiger charge is -2.11. The molecule has 6 heteroatoms. The predicted molar refractivity (Wildman–Crippen MR) is 87.6 cm³/mol.